The minimum Gasteiger partial charge on any atom is -0.497 e. The van der Waals surface area contributed by atoms with Crippen LogP contribution >= 0.6 is 0 Å². The Morgan fingerprint density at radius 3 is 2.65 bits per heavy atom. The van der Waals surface area contributed by atoms with Gasteiger partial charge in [-0.1, -0.05) is 6.92 Å². The molecule has 0 amide bonds. The third-order valence-corrected chi connectivity index (χ3v) is 3.32. The lowest BCUT2D eigenvalue weighted by Crippen LogP contribution is -2.24. The van der Waals surface area contributed by atoms with E-state index < -0.39 is 0 Å². The van der Waals surface area contributed by atoms with Crippen molar-refractivity contribution in [3.8, 4) is 5.75 Å². The molecule has 0 saturated carbocycles. The SMILES string of the molecule is COc1ccc2c(c1)nc(C(C)C(C)N)n2C. The van der Waals surface area contributed by atoms with Crippen molar-refractivity contribution in [3.05, 3.63) is 24.0 Å². The van der Waals surface area contributed by atoms with E-state index in [1.807, 2.05) is 32.2 Å². The first-order valence-electron chi connectivity index (χ1n) is 5.80. The number of nitrogens with two attached hydrogens (primary N) is 1. The zero-order chi connectivity index (χ0) is 12.6. The Kier molecular flexibility index (Phi) is 3.07. The van der Waals surface area contributed by atoms with Crippen LogP contribution in [0.2, 0.25) is 0 Å². The molecule has 0 saturated heterocycles. The first-order valence-corrected chi connectivity index (χ1v) is 5.80. The van der Waals surface area contributed by atoms with Crippen molar-refractivity contribution in [3.63, 3.8) is 0 Å². The molecular weight excluding hydrogens is 214 g/mol. The molecule has 2 atom stereocenters. The molecule has 2 aromatic rings. The summed E-state index contributed by atoms with van der Waals surface area (Å²) in [5.41, 5.74) is 7.99. The van der Waals surface area contributed by atoms with Crippen LogP contribution in [-0.4, -0.2) is 22.7 Å². The second-order valence-electron chi connectivity index (χ2n) is 4.53. The van der Waals surface area contributed by atoms with Crippen molar-refractivity contribution in [2.45, 2.75) is 25.8 Å². The molecule has 0 aliphatic heterocycles. The highest BCUT2D eigenvalue weighted by Gasteiger charge is 2.17. The van der Waals surface area contributed by atoms with Gasteiger partial charge in [-0.15, -0.1) is 0 Å². The Labute approximate surface area is 101 Å². The number of aromatic nitrogens is 2. The molecule has 0 fully saturated rings. The molecule has 4 nitrogen and oxygen atoms in total. The van der Waals surface area contributed by atoms with Crippen molar-refractivity contribution in [2.75, 3.05) is 7.11 Å². The molecule has 0 radical (unpaired) electrons. The van der Waals surface area contributed by atoms with Crippen LogP contribution in [0.5, 0.6) is 5.75 Å². The topological polar surface area (TPSA) is 53.1 Å². The number of fused-ring (bicyclic) bond motifs is 1. The van der Waals surface area contributed by atoms with Gasteiger partial charge in [-0.2, -0.15) is 0 Å². The van der Waals surface area contributed by atoms with Gasteiger partial charge in [0.15, 0.2) is 0 Å². The second kappa shape index (κ2) is 4.37. The zero-order valence-electron chi connectivity index (χ0n) is 10.8. The van der Waals surface area contributed by atoms with Gasteiger partial charge < -0.3 is 15.0 Å². The molecule has 92 valence electrons. The van der Waals surface area contributed by atoms with Crippen molar-refractivity contribution in [2.24, 2.45) is 12.8 Å². The van der Waals surface area contributed by atoms with E-state index in [1.54, 1.807) is 7.11 Å². The minimum atomic E-state index is 0.0902. The summed E-state index contributed by atoms with van der Waals surface area (Å²) in [5.74, 6) is 2.08. The second-order valence-corrected chi connectivity index (χ2v) is 4.53. The molecule has 0 aliphatic rings. The van der Waals surface area contributed by atoms with Crippen LogP contribution in [0.4, 0.5) is 0 Å². The summed E-state index contributed by atoms with van der Waals surface area (Å²) in [7, 11) is 3.69. The fourth-order valence-corrected chi connectivity index (χ4v) is 1.97. The van der Waals surface area contributed by atoms with Crippen LogP contribution in [0.15, 0.2) is 18.2 Å². The third kappa shape index (κ3) is 2.00. The molecular formula is C13H19N3O. The van der Waals surface area contributed by atoms with Crippen LogP contribution in [0.25, 0.3) is 11.0 Å². The molecule has 2 rings (SSSR count). The highest BCUT2D eigenvalue weighted by atomic mass is 16.5. The summed E-state index contributed by atoms with van der Waals surface area (Å²) in [6.07, 6.45) is 0. The van der Waals surface area contributed by atoms with Crippen molar-refractivity contribution in [1.29, 1.82) is 0 Å². The molecule has 0 spiro atoms. The lowest BCUT2D eigenvalue weighted by atomic mass is 10.0. The number of hydrogen-bond donors (Lipinski definition) is 1. The number of benzene rings is 1. The van der Waals surface area contributed by atoms with Crippen LogP contribution in [0.1, 0.15) is 25.6 Å². The summed E-state index contributed by atoms with van der Waals surface area (Å²) >= 11 is 0. The predicted octanol–water partition coefficient (Wildman–Crippen LogP) is 2.03. The molecule has 0 bridgehead atoms. The van der Waals surface area contributed by atoms with Gasteiger partial charge in [-0.25, -0.2) is 4.98 Å². The Morgan fingerprint density at radius 2 is 2.06 bits per heavy atom. The van der Waals surface area contributed by atoms with Crippen molar-refractivity contribution >= 4 is 11.0 Å². The van der Waals surface area contributed by atoms with E-state index in [-0.39, 0.29) is 12.0 Å². The van der Waals surface area contributed by atoms with E-state index >= 15 is 0 Å². The zero-order valence-corrected chi connectivity index (χ0v) is 10.8. The largest absolute Gasteiger partial charge is 0.497 e. The lowest BCUT2D eigenvalue weighted by molar-refractivity contribution is 0.415. The lowest BCUT2D eigenvalue weighted by Gasteiger charge is -2.14. The monoisotopic (exact) mass is 233 g/mol. The maximum Gasteiger partial charge on any atom is 0.121 e. The van der Waals surface area contributed by atoms with Crippen molar-refractivity contribution in [1.82, 2.24) is 9.55 Å². The number of hydrogen-bond acceptors (Lipinski definition) is 3. The number of ether oxygens (including phenoxy) is 1. The fourth-order valence-electron chi connectivity index (χ4n) is 1.97. The number of aryl methyl sites for hydroxylation is 1. The van der Waals surface area contributed by atoms with Gasteiger partial charge in [0.25, 0.3) is 0 Å². The Bertz CT molecular complexity index is 531. The van der Waals surface area contributed by atoms with Crippen molar-refractivity contribution < 1.29 is 4.74 Å². The van der Waals surface area contributed by atoms with Gasteiger partial charge in [0, 0.05) is 25.1 Å². The van der Waals surface area contributed by atoms with E-state index in [9.17, 15) is 0 Å². The van der Waals surface area contributed by atoms with Crippen LogP contribution in [-0.2, 0) is 7.05 Å². The average molecular weight is 233 g/mol. The molecule has 1 aromatic heterocycles. The Hall–Kier alpha value is -1.55. The van der Waals surface area contributed by atoms with Gasteiger partial charge in [0.2, 0.25) is 0 Å². The molecule has 1 aromatic carbocycles. The molecule has 17 heavy (non-hydrogen) atoms. The number of nitrogens with zero attached hydrogens (tertiary/aromatic N) is 2. The van der Waals surface area contributed by atoms with Gasteiger partial charge in [0.05, 0.1) is 18.1 Å². The first-order chi connectivity index (χ1) is 8.04. The highest BCUT2D eigenvalue weighted by molar-refractivity contribution is 5.77. The Morgan fingerprint density at radius 1 is 1.35 bits per heavy atom. The predicted molar refractivity (Wildman–Crippen MR) is 69.3 cm³/mol. The van der Waals surface area contributed by atoms with E-state index in [2.05, 4.69) is 16.5 Å². The number of imidazole rings is 1. The highest BCUT2D eigenvalue weighted by Crippen LogP contribution is 2.25. The quantitative estimate of drug-likeness (QED) is 0.882. The first kappa shape index (κ1) is 11.9. The smallest absolute Gasteiger partial charge is 0.121 e. The van der Waals surface area contributed by atoms with Crippen LogP contribution in [0.3, 0.4) is 0 Å². The number of methoxy groups -OCH3 is 1. The molecule has 4 heteroatoms. The fraction of sp³-hybridized carbons (Fsp3) is 0.462. The summed E-state index contributed by atoms with van der Waals surface area (Å²) in [5, 5.41) is 0. The van der Waals surface area contributed by atoms with E-state index in [4.69, 9.17) is 10.5 Å². The standard InChI is InChI=1S/C13H19N3O/c1-8(9(2)14)13-15-11-7-10(17-4)5-6-12(11)16(13)3/h5-9H,14H2,1-4H3. The normalized spacial score (nSPS) is 14.9. The number of rotatable bonds is 3. The maximum absolute atomic E-state index is 5.94. The maximum atomic E-state index is 5.94. The minimum absolute atomic E-state index is 0.0902. The van der Waals surface area contributed by atoms with Gasteiger partial charge >= 0.3 is 0 Å². The molecule has 2 N–H and O–H groups in total. The molecule has 2 unspecified atom stereocenters. The average Bonchev–Trinajstić information content (AvgIpc) is 2.65. The van der Waals surface area contributed by atoms with Gasteiger partial charge in [-0.05, 0) is 19.1 Å². The Balaban J connectivity index is 2.56. The molecule has 1 heterocycles. The van der Waals surface area contributed by atoms with E-state index in [1.165, 1.54) is 0 Å². The summed E-state index contributed by atoms with van der Waals surface area (Å²) < 4.78 is 7.31. The van der Waals surface area contributed by atoms with Gasteiger partial charge in [0.1, 0.15) is 11.6 Å². The third-order valence-electron chi connectivity index (χ3n) is 3.32. The van der Waals surface area contributed by atoms with Crippen LogP contribution in [0, 0.1) is 0 Å². The van der Waals surface area contributed by atoms with E-state index in [0.717, 1.165) is 22.6 Å². The van der Waals surface area contributed by atoms with Gasteiger partial charge in [-0.3, -0.25) is 0 Å². The summed E-state index contributed by atoms with van der Waals surface area (Å²) in [6, 6.07) is 6.02. The summed E-state index contributed by atoms with van der Waals surface area (Å²) in [4.78, 5) is 4.64. The van der Waals surface area contributed by atoms with E-state index in [0.29, 0.717) is 0 Å². The molecule has 0 aliphatic carbocycles. The summed E-state index contributed by atoms with van der Waals surface area (Å²) in [6.45, 7) is 4.10. The van der Waals surface area contributed by atoms with Crippen LogP contribution < -0.4 is 10.5 Å².